The van der Waals surface area contributed by atoms with Crippen LogP contribution in [0.25, 0.3) is 6.08 Å². The van der Waals surface area contributed by atoms with Crippen LogP contribution < -0.4 is 0 Å². The average molecular weight is 254 g/mol. The van der Waals surface area contributed by atoms with Crippen molar-refractivity contribution in [2.75, 3.05) is 0 Å². The Hall–Kier alpha value is -1.62. The van der Waals surface area contributed by atoms with Crippen molar-refractivity contribution in [2.24, 2.45) is 0 Å². The van der Waals surface area contributed by atoms with E-state index >= 15 is 0 Å². The molecule has 0 aliphatic heterocycles. The lowest BCUT2D eigenvalue weighted by Crippen LogP contribution is -2.13. The van der Waals surface area contributed by atoms with E-state index in [1.807, 2.05) is 0 Å². The van der Waals surface area contributed by atoms with Crippen LogP contribution in [-0.4, -0.2) is 24.7 Å². The normalized spacial score (nSPS) is 12.2. The Balaban J connectivity index is 3.01. The first-order valence-corrected chi connectivity index (χ1v) is 6.63. The van der Waals surface area contributed by atoms with Crippen molar-refractivity contribution in [2.45, 2.75) is 24.0 Å². The van der Waals surface area contributed by atoms with Crippen LogP contribution in [0.4, 0.5) is 0 Å². The molecule has 1 aromatic carbocycles. The van der Waals surface area contributed by atoms with E-state index in [1.165, 1.54) is 18.2 Å². The number of sulfone groups is 1. The predicted octanol–water partition coefficient (Wildman–Crippen LogP) is 1.97. The lowest BCUT2D eigenvalue weighted by Gasteiger charge is -2.07. The molecule has 0 atom stereocenters. The SMILES string of the molecule is CC(C)S(=O)(=O)c1ccc(/C=C/C(=O)O)cc1. The molecule has 0 unspecified atom stereocenters. The van der Waals surface area contributed by atoms with Gasteiger partial charge < -0.3 is 5.11 Å². The molecule has 0 saturated heterocycles. The molecule has 0 saturated carbocycles. The van der Waals surface area contributed by atoms with Gasteiger partial charge in [0.25, 0.3) is 0 Å². The van der Waals surface area contributed by atoms with Gasteiger partial charge in [0.05, 0.1) is 10.1 Å². The van der Waals surface area contributed by atoms with Crippen molar-refractivity contribution >= 4 is 21.9 Å². The number of hydrogen-bond donors (Lipinski definition) is 1. The molecule has 1 N–H and O–H groups in total. The van der Waals surface area contributed by atoms with Gasteiger partial charge in [0.1, 0.15) is 0 Å². The predicted molar refractivity (Wildman–Crippen MR) is 65.4 cm³/mol. The topological polar surface area (TPSA) is 71.4 Å². The van der Waals surface area contributed by atoms with E-state index in [0.717, 1.165) is 6.08 Å². The van der Waals surface area contributed by atoms with Gasteiger partial charge >= 0.3 is 5.97 Å². The molecule has 5 heteroatoms. The van der Waals surface area contributed by atoms with Crippen LogP contribution in [-0.2, 0) is 14.6 Å². The highest BCUT2D eigenvalue weighted by Gasteiger charge is 2.18. The number of rotatable bonds is 4. The summed E-state index contributed by atoms with van der Waals surface area (Å²) in [4.78, 5) is 10.6. The standard InChI is InChI=1S/C12H14O4S/c1-9(2)17(15,16)11-6-3-10(4-7-11)5-8-12(13)14/h3-9H,1-2H3,(H,13,14)/b8-5+. The van der Waals surface area contributed by atoms with Crippen molar-refractivity contribution in [3.8, 4) is 0 Å². The summed E-state index contributed by atoms with van der Waals surface area (Å²) in [6.07, 6.45) is 2.42. The highest BCUT2D eigenvalue weighted by molar-refractivity contribution is 7.92. The maximum Gasteiger partial charge on any atom is 0.328 e. The van der Waals surface area contributed by atoms with E-state index in [-0.39, 0.29) is 4.90 Å². The van der Waals surface area contributed by atoms with E-state index in [4.69, 9.17) is 5.11 Å². The Morgan fingerprint density at radius 2 is 1.76 bits per heavy atom. The van der Waals surface area contributed by atoms with E-state index in [1.54, 1.807) is 26.0 Å². The average Bonchev–Trinajstić information content (AvgIpc) is 2.26. The van der Waals surface area contributed by atoms with Gasteiger partial charge in [-0.25, -0.2) is 13.2 Å². The Bertz CT molecular complexity index is 524. The van der Waals surface area contributed by atoms with Crippen molar-refractivity contribution in [1.82, 2.24) is 0 Å². The Morgan fingerprint density at radius 3 is 2.18 bits per heavy atom. The van der Waals surface area contributed by atoms with Crippen molar-refractivity contribution in [3.05, 3.63) is 35.9 Å². The first-order chi connectivity index (χ1) is 7.84. The molecular weight excluding hydrogens is 240 g/mol. The highest BCUT2D eigenvalue weighted by atomic mass is 32.2. The molecule has 0 fully saturated rings. The minimum atomic E-state index is -3.27. The summed E-state index contributed by atoms with van der Waals surface area (Å²) in [5, 5.41) is 7.98. The second-order valence-corrected chi connectivity index (χ2v) is 6.34. The van der Waals surface area contributed by atoms with Crippen molar-refractivity contribution < 1.29 is 18.3 Å². The lowest BCUT2D eigenvalue weighted by atomic mass is 10.2. The summed E-state index contributed by atoms with van der Waals surface area (Å²) in [7, 11) is -3.27. The Labute approximate surface area is 101 Å². The van der Waals surface area contributed by atoms with Gasteiger partial charge in [0.2, 0.25) is 0 Å². The summed E-state index contributed by atoms with van der Waals surface area (Å²) in [5.74, 6) is -1.04. The fourth-order valence-electron chi connectivity index (χ4n) is 1.21. The third-order valence-corrected chi connectivity index (χ3v) is 4.42. The molecule has 0 aliphatic carbocycles. The van der Waals surface area contributed by atoms with Gasteiger partial charge in [0, 0.05) is 6.08 Å². The molecule has 0 amide bonds. The molecule has 0 radical (unpaired) electrons. The highest BCUT2D eigenvalue weighted by Crippen LogP contribution is 2.16. The minimum Gasteiger partial charge on any atom is -0.478 e. The Morgan fingerprint density at radius 1 is 1.24 bits per heavy atom. The minimum absolute atomic E-state index is 0.250. The second-order valence-electron chi connectivity index (χ2n) is 3.83. The van der Waals surface area contributed by atoms with E-state index in [9.17, 15) is 13.2 Å². The smallest absolute Gasteiger partial charge is 0.328 e. The van der Waals surface area contributed by atoms with Crippen molar-refractivity contribution in [3.63, 3.8) is 0 Å². The molecule has 0 heterocycles. The quantitative estimate of drug-likeness (QED) is 0.834. The van der Waals surface area contributed by atoms with E-state index in [2.05, 4.69) is 0 Å². The molecule has 1 rings (SSSR count). The maximum absolute atomic E-state index is 11.8. The number of carbonyl (C=O) groups is 1. The van der Waals surface area contributed by atoms with Crippen LogP contribution in [0.2, 0.25) is 0 Å². The number of aliphatic carboxylic acids is 1. The summed E-state index contributed by atoms with van der Waals surface area (Å²) in [6, 6.07) is 6.12. The van der Waals surface area contributed by atoms with Gasteiger partial charge in [0.15, 0.2) is 9.84 Å². The van der Waals surface area contributed by atoms with Crippen molar-refractivity contribution in [1.29, 1.82) is 0 Å². The fourth-order valence-corrected chi connectivity index (χ4v) is 2.27. The van der Waals surface area contributed by atoms with Crippen LogP contribution in [0.5, 0.6) is 0 Å². The molecule has 0 aromatic heterocycles. The first kappa shape index (κ1) is 13.4. The lowest BCUT2D eigenvalue weighted by molar-refractivity contribution is -0.131. The van der Waals surface area contributed by atoms with Crippen LogP contribution in [0.3, 0.4) is 0 Å². The van der Waals surface area contributed by atoms with Crippen LogP contribution in [0.15, 0.2) is 35.2 Å². The van der Waals surface area contributed by atoms with Crippen LogP contribution in [0, 0.1) is 0 Å². The molecule has 17 heavy (non-hydrogen) atoms. The molecule has 4 nitrogen and oxygen atoms in total. The largest absolute Gasteiger partial charge is 0.478 e. The van der Waals surface area contributed by atoms with E-state index in [0.29, 0.717) is 5.56 Å². The Kier molecular flexibility index (Phi) is 4.07. The van der Waals surface area contributed by atoms with Gasteiger partial charge in [-0.3, -0.25) is 0 Å². The summed E-state index contributed by atoms with van der Waals surface area (Å²) in [5.41, 5.74) is 0.648. The summed E-state index contributed by atoms with van der Waals surface area (Å²) < 4.78 is 23.6. The monoisotopic (exact) mass is 254 g/mol. The number of hydrogen-bond acceptors (Lipinski definition) is 3. The second kappa shape index (κ2) is 5.14. The summed E-state index contributed by atoms with van der Waals surface area (Å²) in [6.45, 7) is 3.24. The molecule has 0 bridgehead atoms. The van der Waals surface area contributed by atoms with Crippen LogP contribution >= 0.6 is 0 Å². The van der Waals surface area contributed by atoms with Gasteiger partial charge in [-0.2, -0.15) is 0 Å². The zero-order valence-electron chi connectivity index (χ0n) is 9.62. The molecule has 1 aromatic rings. The zero-order chi connectivity index (χ0) is 13.1. The third kappa shape index (κ3) is 3.42. The number of benzene rings is 1. The number of carboxylic acids is 1. The molecule has 0 spiro atoms. The van der Waals surface area contributed by atoms with Gasteiger partial charge in [-0.05, 0) is 37.6 Å². The van der Waals surface area contributed by atoms with Gasteiger partial charge in [-0.1, -0.05) is 12.1 Å². The summed E-state index contributed by atoms with van der Waals surface area (Å²) >= 11 is 0. The third-order valence-electron chi connectivity index (χ3n) is 2.25. The molecular formula is C12H14O4S. The van der Waals surface area contributed by atoms with Gasteiger partial charge in [-0.15, -0.1) is 0 Å². The molecule has 92 valence electrons. The number of carboxylic acid groups (broad SMARTS) is 1. The zero-order valence-corrected chi connectivity index (χ0v) is 10.4. The first-order valence-electron chi connectivity index (χ1n) is 5.09. The maximum atomic E-state index is 11.8. The molecule has 0 aliphatic rings. The van der Waals surface area contributed by atoms with E-state index < -0.39 is 21.1 Å². The van der Waals surface area contributed by atoms with Crippen LogP contribution in [0.1, 0.15) is 19.4 Å². The fraction of sp³-hybridized carbons (Fsp3) is 0.250.